The number of hydrogen-bond acceptors (Lipinski definition) is 3. The molecule has 0 aliphatic rings. The fourth-order valence-corrected chi connectivity index (χ4v) is 3.09. The summed E-state index contributed by atoms with van der Waals surface area (Å²) in [7, 11) is 0. The molecule has 112 valence electrons. The van der Waals surface area contributed by atoms with E-state index >= 15 is 0 Å². The molecular formula is C20H17N3. The predicted octanol–water partition coefficient (Wildman–Crippen LogP) is 4.65. The SMILES string of the molecule is Cc1cccc2c(N)c3c(C)cc(-c4ccccc4)nc3nc12. The summed E-state index contributed by atoms with van der Waals surface area (Å²) >= 11 is 0. The molecule has 23 heavy (non-hydrogen) atoms. The van der Waals surface area contributed by atoms with Crippen LogP contribution in [0.15, 0.2) is 54.6 Å². The molecule has 3 nitrogen and oxygen atoms in total. The molecule has 2 heterocycles. The van der Waals surface area contributed by atoms with E-state index in [4.69, 9.17) is 15.7 Å². The van der Waals surface area contributed by atoms with E-state index in [1.54, 1.807) is 0 Å². The molecule has 0 aliphatic heterocycles. The average molecular weight is 299 g/mol. The molecule has 0 unspecified atom stereocenters. The first-order chi connectivity index (χ1) is 11.1. The van der Waals surface area contributed by atoms with E-state index in [0.29, 0.717) is 5.65 Å². The summed E-state index contributed by atoms with van der Waals surface area (Å²) in [6, 6.07) is 18.3. The van der Waals surface area contributed by atoms with E-state index in [9.17, 15) is 0 Å². The van der Waals surface area contributed by atoms with Crippen LogP contribution in [0.25, 0.3) is 33.2 Å². The molecule has 0 atom stereocenters. The van der Waals surface area contributed by atoms with Crippen molar-refractivity contribution in [3.63, 3.8) is 0 Å². The molecule has 0 saturated carbocycles. The topological polar surface area (TPSA) is 51.8 Å². The number of pyridine rings is 2. The van der Waals surface area contributed by atoms with Gasteiger partial charge in [0.05, 0.1) is 16.9 Å². The lowest BCUT2D eigenvalue weighted by Gasteiger charge is -2.12. The number of nitrogen functional groups attached to an aromatic ring is 1. The molecule has 0 saturated heterocycles. The van der Waals surface area contributed by atoms with E-state index in [2.05, 4.69) is 38.1 Å². The first-order valence-electron chi connectivity index (χ1n) is 7.67. The number of nitrogens with zero attached hydrogens (tertiary/aromatic N) is 2. The number of nitrogens with two attached hydrogens (primary N) is 1. The van der Waals surface area contributed by atoms with E-state index in [-0.39, 0.29) is 0 Å². The lowest BCUT2D eigenvalue weighted by molar-refractivity contribution is 1.29. The van der Waals surface area contributed by atoms with Crippen LogP contribution in [0.1, 0.15) is 11.1 Å². The predicted molar refractivity (Wildman–Crippen MR) is 96.4 cm³/mol. The summed E-state index contributed by atoms with van der Waals surface area (Å²) in [5.41, 5.74) is 13.1. The third kappa shape index (κ3) is 2.13. The van der Waals surface area contributed by atoms with Crippen molar-refractivity contribution in [3.8, 4) is 11.3 Å². The van der Waals surface area contributed by atoms with Gasteiger partial charge in [0, 0.05) is 16.3 Å². The number of anilines is 1. The Morgan fingerprint density at radius 2 is 1.61 bits per heavy atom. The van der Waals surface area contributed by atoms with Gasteiger partial charge < -0.3 is 5.73 Å². The molecule has 2 aromatic heterocycles. The van der Waals surface area contributed by atoms with Crippen molar-refractivity contribution in [2.75, 3.05) is 5.73 Å². The molecule has 0 spiro atoms. The van der Waals surface area contributed by atoms with Gasteiger partial charge in [-0.25, -0.2) is 9.97 Å². The number of aromatic nitrogens is 2. The van der Waals surface area contributed by atoms with Gasteiger partial charge in [0.2, 0.25) is 0 Å². The highest BCUT2D eigenvalue weighted by Gasteiger charge is 2.13. The highest BCUT2D eigenvalue weighted by molar-refractivity contribution is 6.07. The van der Waals surface area contributed by atoms with Crippen molar-refractivity contribution in [2.45, 2.75) is 13.8 Å². The van der Waals surface area contributed by atoms with Gasteiger partial charge in [0.25, 0.3) is 0 Å². The molecule has 0 radical (unpaired) electrons. The fourth-order valence-electron chi connectivity index (χ4n) is 3.09. The molecule has 0 amide bonds. The van der Waals surface area contributed by atoms with E-state index < -0.39 is 0 Å². The van der Waals surface area contributed by atoms with E-state index in [1.807, 2.05) is 30.3 Å². The van der Waals surface area contributed by atoms with Crippen LogP contribution in [0, 0.1) is 13.8 Å². The quantitative estimate of drug-likeness (QED) is 0.520. The summed E-state index contributed by atoms with van der Waals surface area (Å²) < 4.78 is 0. The second kappa shape index (κ2) is 5.06. The van der Waals surface area contributed by atoms with Gasteiger partial charge in [-0.1, -0.05) is 48.5 Å². The number of aryl methyl sites for hydroxylation is 2. The Kier molecular flexibility index (Phi) is 3.01. The average Bonchev–Trinajstić information content (AvgIpc) is 2.56. The maximum atomic E-state index is 6.43. The van der Waals surface area contributed by atoms with E-state index in [0.717, 1.165) is 44.4 Å². The first kappa shape index (κ1) is 13.7. The van der Waals surface area contributed by atoms with Gasteiger partial charge in [-0.05, 0) is 31.0 Å². The van der Waals surface area contributed by atoms with Crippen LogP contribution in [0.4, 0.5) is 5.69 Å². The fraction of sp³-hybridized carbons (Fsp3) is 0.100. The zero-order chi connectivity index (χ0) is 16.0. The Morgan fingerprint density at radius 3 is 2.39 bits per heavy atom. The Balaban J connectivity index is 2.10. The van der Waals surface area contributed by atoms with Crippen molar-refractivity contribution in [1.29, 1.82) is 0 Å². The smallest absolute Gasteiger partial charge is 0.162 e. The highest BCUT2D eigenvalue weighted by Crippen LogP contribution is 2.32. The monoisotopic (exact) mass is 299 g/mol. The largest absolute Gasteiger partial charge is 0.398 e. The summed E-state index contributed by atoms with van der Waals surface area (Å²) in [5.74, 6) is 0. The van der Waals surface area contributed by atoms with Crippen molar-refractivity contribution in [1.82, 2.24) is 9.97 Å². The molecule has 3 heteroatoms. The van der Waals surface area contributed by atoms with Crippen LogP contribution in [0.3, 0.4) is 0 Å². The van der Waals surface area contributed by atoms with Crippen LogP contribution in [0.2, 0.25) is 0 Å². The first-order valence-corrected chi connectivity index (χ1v) is 7.67. The Morgan fingerprint density at radius 1 is 0.826 bits per heavy atom. The van der Waals surface area contributed by atoms with E-state index in [1.165, 1.54) is 0 Å². The number of benzene rings is 2. The third-order valence-corrected chi connectivity index (χ3v) is 4.28. The number of fused-ring (bicyclic) bond motifs is 2. The maximum absolute atomic E-state index is 6.43. The zero-order valence-corrected chi connectivity index (χ0v) is 13.2. The molecule has 2 N–H and O–H groups in total. The standard InChI is InChI=1S/C20H17N3/c1-12-7-6-10-15-18(21)17-13(2)11-16(14-8-4-3-5-9-14)22-20(17)23-19(12)15/h3-11H,1-2H3,(H2,21,22,23). The Bertz CT molecular complexity index is 1040. The highest BCUT2D eigenvalue weighted by atomic mass is 14.9. The van der Waals surface area contributed by atoms with Crippen molar-refractivity contribution >= 4 is 27.6 Å². The molecule has 0 aliphatic carbocycles. The maximum Gasteiger partial charge on any atom is 0.162 e. The summed E-state index contributed by atoms with van der Waals surface area (Å²) in [6.45, 7) is 4.12. The minimum Gasteiger partial charge on any atom is -0.398 e. The second-order valence-corrected chi connectivity index (χ2v) is 5.89. The minimum atomic E-state index is 0.711. The van der Waals surface area contributed by atoms with Gasteiger partial charge in [-0.3, -0.25) is 0 Å². The van der Waals surface area contributed by atoms with Crippen LogP contribution >= 0.6 is 0 Å². The van der Waals surface area contributed by atoms with Crippen molar-refractivity contribution in [3.05, 3.63) is 65.7 Å². The van der Waals surface area contributed by atoms with Gasteiger partial charge >= 0.3 is 0 Å². The molecule has 0 fully saturated rings. The normalized spacial score (nSPS) is 11.2. The lowest BCUT2D eigenvalue weighted by atomic mass is 10.0. The third-order valence-electron chi connectivity index (χ3n) is 4.28. The molecule has 0 bridgehead atoms. The molecule has 4 aromatic rings. The van der Waals surface area contributed by atoms with Gasteiger partial charge in [0.1, 0.15) is 0 Å². The van der Waals surface area contributed by atoms with Crippen LogP contribution < -0.4 is 5.73 Å². The summed E-state index contributed by atoms with van der Waals surface area (Å²) in [4.78, 5) is 9.56. The van der Waals surface area contributed by atoms with Crippen LogP contribution in [-0.2, 0) is 0 Å². The van der Waals surface area contributed by atoms with Crippen LogP contribution in [0.5, 0.6) is 0 Å². The van der Waals surface area contributed by atoms with Gasteiger partial charge in [0.15, 0.2) is 5.65 Å². The number of rotatable bonds is 1. The number of hydrogen-bond donors (Lipinski definition) is 1. The van der Waals surface area contributed by atoms with Crippen LogP contribution in [-0.4, -0.2) is 9.97 Å². The second-order valence-electron chi connectivity index (χ2n) is 5.89. The molecular weight excluding hydrogens is 282 g/mol. The van der Waals surface area contributed by atoms with Crippen molar-refractivity contribution < 1.29 is 0 Å². The van der Waals surface area contributed by atoms with Gasteiger partial charge in [-0.15, -0.1) is 0 Å². The molecule has 4 rings (SSSR count). The minimum absolute atomic E-state index is 0.711. The lowest BCUT2D eigenvalue weighted by Crippen LogP contribution is -1.99. The Labute approximate surface area is 134 Å². The summed E-state index contributed by atoms with van der Waals surface area (Å²) in [5, 5.41) is 1.94. The summed E-state index contributed by atoms with van der Waals surface area (Å²) in [6.07, 6.45) is 0. The molecule has 2 aromatic carbocycles. The zero-order valence-electron chi connectivity index (χ0n) is 13.2. The number of para-hydroxylation sites is 1. The Hall–Kier alpha value is -2.94. The van der Waals surface area contributed by atoms with Gasteiger partial charge in [-0.2, -0.15) is 0 Å². The van der Waals surface area contributed by atoms with Crippen molar-refractivity contribution in [2.24, 2.45) is 0 Å².